The Balaban J connectivity index is 1.73. The predicted molar refractivity (Wildman–Crippen MR) is 105 cm³/mol. The Bertz CT molecular complexity index is 910. The van der Waals surface area contributed by atoms with Crippen LogP contribution in [0.2, 0.25) is 0 Å². The third-order valence-corrected chi connectivity index (χ3v) is 6.74. The molecule has 3 rings (SSSR count). The molecule has 26 heavy (non-hydrogen) atoms. The fourth-order valence-electron chi connectivity index (χ4n) is 2.51. The van der Waals surface area contributed by atoms with Crippen molar-refractivity contribution < 1.29 is 13.2 Å². The van der Waals surface area contributed by atoms with Gasteiger partial charge in [-0.1, -0.05) is 42.1 Å². The molecule has 1 heterocycles. The third-order valence-electron chi connectivity index (χ3n) is 3.74. The second kappa shape index (κ2) is 7.92. The number of hydrogen-bond acceptors (Lipinski definition) is 5. The van der Waals surface area contributed by atoms with Crippen molar-refractivity contribution in [1.82, 2.24) is 4.31 Å². The Morgan fingerprint density at radius 3 is 2.50 bits per heavy atom. The van der Waals surface area contributed by atoms with Gasteiger partial charge in [0, 0.05) is 18.4 Å². The number of thioether (sulfide) groups is 1. The van der Waals surface area contributed by atoms with E-state index in [1.807, 2.05) is 30.3 Å². The maximum absolute atomic E-state index is 12.9. The topological polar surface area (TPSA) is 78.8 Å². The summed E-state index contributed by atoms with van der Waals surface area (Å²) < 4.78 is 27.2. The number of amidine groups is 1. The van der Waals surface area contributed by atoms with Crippen LogP contribution >= 0.6 is 11.8 Å². The van der Waals surface area contributed by atoms with Gasteiger partial charge < -0.3 is 5.32 Å². The van der Waals surface area contributed by atoms with Crippen molar-refractivity contribution in [2.45, 2.75) is 17.6 Å². The molecule has 0 saturated carbocycles. The normalized spacial score (nSPS) is 14.2. The SMILES string of the molecule is CC(=O)Nc1ccc(S(=O)(=O)N2CCN=C2SCc2ccccc2)cc1. The second-order valence-corrected chi connectivity index (χ2v) is 8.53. The average Bonchev–Trinajstić information content (AvgIpc) is 3.10. The number of sulfonamides is 1. The van der Waals surface area contributed by atoms with Crippen LogP contribution in [-0.2, 0) is 20.6 Å². The van der Waals surface area contributed by atoms with Crippen molar-refractivity contribution >= 4 is 38.5 Å². The molecule has 0 bridgehead atoms. The molecular weight excluding hydrogens is 370 g/mol. The standard InChI is InChI=1S/C18H19N3O3S2/c1-14(22)20-16-7-9-17(10-8-16)26(23,24)21-12-11-19-18(21)25-13-15-5-3-2-4-6-15/h2-10H,11-13H2,1H3,(H,20,22). The van der Waals surface area contributed by atoms with E-state index in [9.17, 15) is 13.2 Å². The molecule has 0 aliphatic carbocycles. The fraction of sp³-hybridized carbons (Fsp3) is 0.222. The van der Waals surface area contributed by atoms with Crippen LogP contribution in [0.5, 0.6) is 0 Å². The minimum Gasteiger partial charge on any atom is -0.326 e. The predicted octanol–water partition coefficient (Wildman–Crippen LogP) is 2.94. The minimum atomic E-state index is -3.67. The molecule has 0 fully saturated rings. The van der Waals surface area contributed by atoms with Crippen molar-refractivity contribution in [3.05, 3.63) is 60.2 Å². The number of benzene rings is 2. The van der Waals surface area contributed by atoms with Crippen molar-refractivity contribution in [3.8, 4) is 0 Å². The van der Waals surface area contributed by atoms with Crippen LogP contribution in [0.1, 0.15) is 12.5 Å². The molecule has 0 saturated heterocycles. The molecule has 1 amide bonds. The highest BCUT2D eigenvalue weighted by Gasteiger charge is 2.30. The van der Waals surface area contributed by atoms with Crippen molar-refractivity contribution in [2.24, 2.45) is 4.99 Å². The number of nitrogens with zero attached hydrogens (tertiary/aromatic N) is 2. The van der Waals surface area contributed by atoms with Crippen molar-refractivity contribution in [2.75, 3.05) is 18.4 Å². The average molecular weight is 390 g/mol. The van der Waals surface area contributed by atoms with E-state index in [1.165, 1.54) is 35.1 Å². The highest BCUT2D eigenvalue weighted by molar-refractivity contribution is 8.14. The van der Waals surface area contributed by atoms with E-state index in [4.69, 9.17) is 0 Å². The maximum atomic E-state index is 12.9. The van der Waals surface area contributed by atoms with E-state index < -0.39 is 10.0 Å². The zero-order valence-corrected chi connectivity index (χ0v) is 15.9. The van der Waals surface area contributed by atoms with Crippen LogP contribution < -0.4 is 5.32 Å². The van der Waals surface area contributed by atoms with E-state index in [0.717, 1.165) is 5.56 Å². The summed E-state index contributed by atoms with van der Waals surface area (Å²) in [6, 6.07) is 16.0. The summed E-state index contributed by atoms with van der Waals surface area (Å²) in [7, 11) is -3.67. The lowest BCUT2D eigenvalue weighted by atomic mass is 10.2. The molecule has 1 aliphatic heterocycles. The van der Waals surface area contributed by atoms with Gasteiger partial charge in [0.1, 0.15) is 0 Å². The first kappa shape index (κ1) is 18.5. The number of anilines is 1. The van der Waals surface area contributed by atoms with Gasteiger partial charge in [-0.05, 0) is 29.8 Å². The monoisotopic (exact) mass is 389 g/mol. The lowest BCUT2D eigenvalue weighted by Gasteiger charge is -2.20. The summed E-state index contributed by atoms with van der Waals surface area (Å²) in [6.45, 7) is 2.20. The van der Waals surface area contributed by atoms with Gasteiger partial charge in [0.2, 0.25) is 5.91 Å². The number of amides is 1. The molecule has 136 valence electrons. The summed E-state index contributed by atoms with van der Waals surface area (Å²) in [5.74, 6) is 0.458. The Kier molecular flexibility index (Phi) is 5.63. The van der Waals surface area contributed by atoms with Crippen LogP contribution in [0.15, 0.2) is 64.5 Å². The lowest BCUT2D eigenvalue weighted by Crippen LogP contribution is -2.32. The molecule has 0 atom stereocenters. The van der Waals surface area contributed by atoms with Crippen molar-refractivity contribution in [3.63, 3.8) is 0 Å². The number of aliphatic imine (C=N–C) groups is 1. The fourth-order valence-corrected chi connectivity index (χ4v) is 5.19. The van der Waals surface area contributed by atoms with E-state index in [1.54, 1.807) is 12.1 Å². The van der Waals surface area contributed by atoms with Crippen LogP contribution in [0.25, 0.3) is 0 Å². The lowest BCUT2D eigenvalue weighted by molar-refractivity contribution is -0.114. The van der Waals surface area contributed by atoms with Gasteiger partial charge in [-0.25, -0.2) is 12.7 Å². The number of hydrogen-bond donors (Lipinski definition) is 1. The largest absolute Gasteiger partial charge is 0.326 e. The first-order valence-corrected chi connectivity index (χ1v) is 10.5. The number of rotatable bonds is 5. The first-order valence-electron chi connectivity index (χ1n) is 8.08. The van der Waals surface area contributed by atoms with Crippen LogP contribution in [0, 0.1) is 0 Å². The van der Waals surface area contributed by atoms with Gasteiger partial charge in [-0.3, -0.25) is 9.79 Å². The summed E-state index contributed by atoms with van der Waals surface area (Å²) in [6.07, 6.45) is 0. The Hall–Kier alpha value is -2.32. The Morgan fingerprint density at radius 1 is 1.15 bits per heavy atom. The molecule has 0 radical (unpaired) electrons. The number of carbonyl (C=O) groups excluding carboxylic acids is 1. The number of nitrogens with one attached hydrogen (secondary N) is 1. The molecule has 8 heteroatoms. The third kappa shape index (κ3) is 4.25. The zero-order valence-electron chi connectivity index (χ0n) is 14.3. The molecule has 1 N–H and O–H groups in total. The van der Waals surface area contributed by atoms with E-state index in [-0.39, 0.29) is 10.8 Å². The van der Waals surface area contributed by atoms with Gasteiger partial charge in [0.25, 0.3) is 10.0 Å². The van der Waals surface area contributed by atoms with Gasteiger partial charge >= 0.3 is 0 Å². The highest BCUT2D eigenvalue weighted by atomic mass is 32.2. The summed E-state index contributed by atoms with van der Waals surface area (Å²) >= 11 is 1.42. The van der Waals surface area contributed by atoms with Crippen LogP contribution in [0.3, 0.4) is 0 Å². The number of carbonyl (C=O) groups is 1. The van der Waals surface area contributed by atoms with Crippen LogP contribution in [0.4, 0.5) is 5.69 Å². The summed E-state index contributed by atoms with van der Waals surface area (Å²) in [4.78, 5) is 15.6. The van der Waals surface area contributed by atoms with E-state index >= 15 is 0 Å². The zero-order chi connectivity index (χ0) is 18.6. The van der Waals surface area contributed by atoms with Gasteiger partial charge in [0.05, 0.1) is 18.0 Å². The summed E-state index contributed by atoms with van der Waals surface area (Å²) in [5.41, 5.74) is 1.68. The Labute approximate surface area is 157 Å². The van der Waals surface area contributed by atoms with Gasteiger partial charge in [0.15, 0.2) is 5.17 Å². The van der Waals surface area contributed by atoms with Gasteiger partial charge in [-0.15, -0.1) is 0 Å². The smallest absolute Gasteiger partial charge is 0.265 e. The molecule has 2 aromatic rings. The van der Waals surface area contributed by atoms with Crippen LogP contribution in [-0.4, -0.2) is 36.9 Å². The molecular formula is C18H19N3O3S2. The molecule has 1 aliphatic rings. The highest BCUT2D eigenvalue weighted by Crippen LogP contribution is 2.26. The van der Waals surface area contributed by atoms with E-state index in [0.29, 0.717) is 29.7 Å². The first-order chi connectivity index (χ1) is 12.5. The Morgan fingerprint density at radius 2 is 1.85 bits per heavy atom. The molecule has 0 aromatic heterocycles. The maximum Gasteiger partial charge on any atom is 0.265 e. The van der Waals surface area contributed by atoms with Crippen molar-refractivity contribution in [1.29, 1.82) is 0 Å². The van der Waals surface area contributed by atoms with E-state index in [2.05, 4.69) is 10.3 Å². The summed E-state index contributed by atoms with van der Waals surface area (Å²) in [5, 5.41) is 3.14. The second-order valence-electron chi connectivity index (χ2n) is 5.72. The molecule has 0 unspecified atom stereocenters. The molecule has 6 nitrogen and oxygen atoms in total. The molecule has 0 spiro atoms. The quantitative estimate of drug-likeness (QED) is 0.853. The van der Waals surface area contributed by atoms with Gasteiger partial charge in [-0.2, -0.15) is 0 Å². The molecule has 2 aromatic carbocycles. The minimum absolute atomic E-state index is 0.182.